The third-order valence-corrected chi connectivity index (χ3v) is 12.9. The lowest BCUT2D eigenvalue weighted by molar-refractivity contribution is -0.123. The van der Waals surface area contributed by atoms with Gasteiger partial charge in [-0.25, -0.2) is 0 Å². The van der Waals surface area contributed by atoms with Crippen LogP contribution in [-0.4, -0.2) is 34.6 Å². The lowest BCUT2D eigenvalue weighted by Gasteiger charge is -2.43. The Labute approximate surface area is 279 Å². The number of carbonyl (C=O) groups excluding carboxylic acids is 3. The van der Waals surface area contributed by atoms with Gasteiger partial charge in [0.25, 0.3) is 5.91 Å². The van der Waals surface area contributed by atoms with E-state index in [1.165, 1.54) is 4.90 Å². The number of thioether (sulfide) groups is 1. The molecule has 3 heterocycles. The first kappa shape index (κ1) is 29.1. The Kier molecular flexibility index (Phi) is 7.20. The number of hydrogen-bond acceptors (Lipinski definition) is 7. The topological polar surface area (TPSA) is 109 Å². The molecule has 0 spiro atoms. The van der Waals surface area contributed by atoms with Gasteiger partial charge in [0, 0.05) is 36.8 Å². The number of halogens is 2. The third-order valence-electron chi connectivity index (χ3n) is 9.53. The van der Waals surface area contributed by atoms with Crippen LogP contribution in [0.5, 0.6) is 5.75 Å². The number of thiazole rings is 1. The van der Waals surface area contributed by atoms with Crippen molar-refractivity contribution in [1.82, 2.24) is 4.98 Å². The van der Waals surface area contributed by atoms with Gasteiger partial charge in [0.15, 0.2) is 6.61 Å². The van der Waals surface area contributed by atoms with Crippen molar-refractivity contribution in [2.75, 3.05) is 16.8 Å². The summed E-state index contributed by atoms with van der Waals surface area (Å²) in [5.41, 5.74) is 2.02. The predicted octanol–water partition coefficient (Wildman–Crippen LogP) is 6.55. The number of hydrogen-bond donors (Lipinski definition) is 2. The van der Waals surface area contributed by atoms with E-state index in [0.717, 1.165) is 37.7 Å². The predicted molar refractivity (Wildman–Crippen MR) is 177 cm³/mol. The second kappa shape index (κ2) is 11.2. The summed E-state index contributed by atoms with van der Waals surface area (Å²) < 4.78 is 7.01. The monoisotopic (exact) mass is 721 g/mol. The molecule has 0 radical (unpaired) electrons. The van der Waals surface area contributed by atoms with Crippen LogP contribution in [0.25, 0.3) is 0 Å². The maximum absolute atomic E-state index is 14.0. The van der Waals surface area contributed by atoms with Gasteiger partial charge in [-0.1, -0.05) is 57.1 Å². The highest BCUT2D eigenvalue weighted by Gasteiger charge is 2.69. The molecule has 4 aliphatic rings. The minimum atomic E-state index is -0.437. The Hall–Kier alpha value is -3.38. The molecule has 0 unspecified atom stereocenters. The molecule has 2 bridgehead atoms. The number of nitrogens with zero attached hydrogens (tertiary/aromatic N) is 1. The van der Waals surface area contributed by atoms with Crippen molar-refractivity contribution >= 4 is 79.7 Å². The molecule has 12 heteroatoms. The van der Waals surface area contributed by atoms with Crippen molar-refractivity contribution in [3.05, 3.63) is 102 Å². The van der Waals surface area contributed by atoms with Crippen LogP contribution in [0.15, 0.2) is 87.1 Å². The summed E-state index contributed by atoms with van der Waals surface area (Å²) >= 11 is 12.8. The molecule has 2 aliphatic heterocycles. The maximum Gasteiger partial charge on any atom is 0.305 e. The molecule has 8 rings (SSSR count). The van der Waals surface area contributed by atoms with Gasteiger partial charge in [-0.2, -0.15) is 0 Å². The first-order chi connectivity index (χ1) is 21.8. The zero-order valence-electron chi connectivity index (χ0n) is 23.4. The first-order valence-electron chi connectivity index (χ1n) is 14.6. The highest BCUT2D eigenvalue weighted by molar-refractivity contribution is 9.10. The fraction of sp³-hybridized carbons (Fsp3) is 0.273. The van der Waals surface area contributed by atoms with Gasteiger partial charge in [0.2, 0.25) is 11.8 Å². The zero-order valence-corrected chi connectivity index (χ0v) is 27.4. The number of H-pyrrole nitrogens is 1. The summed E-state index contributed by atoms with van der Waals surface area (Å²) in [4.78, 5) is 58.5. The van der Waals surface area contributed by atoms with Crippen LogP contribution >= 0.6 is 50.6 Å². The number of rotatable bonds is 6. The molecule has 228 valence electrons. The Bertz CT molecular complexity index is 1920. The average molecular weight is 723 g/mol. The van der Waals surface area contributed by atoms with E-state index in [4.69, 9.17) is 16.3 Å². The van der Waals surface area contributed by atoms with E-state index in [2.05, 4.69) is 26.2 Å². The molecule has 1 saturated heterocycles. The quantitative estimate of drug-likeness (QED) is 0.219. The number of ether oxygens (including phenoxy) is 1. The Morgan fingerprint density at radius 3 is 2.49 bits per heavy atom. The fourth-order valence-electron chi connectivity index (χ4n) is 7.97. The van der Waals surface area contributed by atoms with Gasteiger partial charge >= 0.3 is 4.87 Å². The van der Waals surface area contributed by atoms with E-state index in [-0.39, 0.29) is 58.1 Å². The minimum Gasteiger partial charge on any atom is -0.483 e. The first-order valence-corrected chi connectivity index (χ1v) is 17.5. The average Bonchev–Trinajstić information content (AvgIpc) is 3.76. The van der Waals surface area contributed by atoms with Crippen LogP contribution in [0.2, 0.25) is 5.02 Å². The van der Waals surface area contributed by atoms with Gasteiger partial charge in [-0.3, -0.25) is 24.1 Å². The van der Waals surface area contributed by atoms with Gasteiger partial charge in [-0.05, 0) is 78.8 Å². The van der Waals surface area contributed by atoms with Crippen molar-refractivity contribution in [2.45, 2.75) is 22.6 Å². The second-order valence-corrected chi connectivity index (χ2v) is 15.4. The number of para-hydroxylation sites is 1. The van der Waals surface area contributed by atoms with Gasteiger partial charge in [0.05, 0.1) is 22.5 Å². The molecule has 1 aromatic heterocycles. The normalized spacial score (nSPS) is 27.7. The standard InChI is InChI=1S/C33H25BrClN3O5S2/c34-15-6-9-18(10-7-15)38-31(40)26-20-13-21(27(26)32(38)41)28-25(20)24(29-30(44-28)37-33(42)45-29)19-12-16(35)8-11-22(19)43-14-23(39)36-17-4-2-1-3-5-17/h1-12,20-21,24-28H,13-14H2,(H,36,39)(H,37,42)/t20-,21-,24+,25-,26+,27+,28-/m1/s1. The van der Waals surface area contributed by atoms with Crippen LogP contribution in [0.1, 0.15) is 22.8 Å². The SMILES string of the molecule is O=C(COc1ccc(Cl)cc1[C@@H]1c2sc(=O)[nH]c2S[C@@H]2[C@@H]3C[C@@H]([C@@H]4C(=O)N(c5ccc(Br)cc5)C(=O)[C@@H]34)[C@H]12)Nc1ccccc1. The molecule has 2 aliphatic carbocycles. The maximum atomic E-state index is 14.0. The van der Waals surface area contributed by atoms with E-state index in [1.807, 2.05) is 36.4 Å². The highest BCUT2D eigenvalue weighted by atomic mass is 79.9. The Morgan fingerprint density at radius 2 is 1.73 bits per heavy atom. The third kappa shape index (κ3) is 4.78. The fourth-order valence-corrected chi connectivity index (χ4v) is 11.3. The summed E-state index contributed by atoms with van der Waals surface area (Å²) in [7, 11) is 0. The van der Waals surface area contributed by atoms with Gasteiger partial charge in [0.1, 0.15) is 5.75 Å². The number of anilines is 2. The number of benzene rings is 3. The number of aromatic amines is 1. The lowest BCUT2D eigenvalue weighted by atomic mass is 9.68. The minimum absolute atomic E-state index is 0.00817. The lowest BCUT2D eigenvalue weighted by Crippen LogP contribution is -2.42. The summed E-state index contributed by atoms with van der Waals surface area (Å²) in [5.74, 6) is -1.39. The van der Waals surface area contributed by atoms with Crippen molar-refractivity contribution in [3.63, 3.8) is 0 Å². The van der Waals surface area contributed by atoms with E-state index < -0.39 is 11.8 Å². The van der Waals surface area contributed by atoms with E-state index in [9.17, 15) is 19.2 Å². The molecular weight excluding hydrogens is 698 g/mol. The van der Waals surface area contributed by atoms with Gasteiger partial charge < -0.3 is 15.0 Å². The molecule has 8 nitrogen and oxygen atoms in total. The van der Waals surface area contributed by atoms with Crippen molar-refractivity contribution in [2.24, 2.45) is 29.6 Å². The molecule has 3 fully saturated rings. The summed E-state index contributed by atoms with van der Waals surface area (Å²) in [6.07, 6.45) is 0.759. The van der Waals surface area contributed by atoms with Crippen molar-refractivity contribution < 1.29 is 19.1 Å². The number of aromatic nitrogens is 1. The highest BCUT2D eigenvalue weighted by Crippen LogP contribution is 2.69. The summed E-state index contributed by atoms with van der Waals surface area (Å²) in [5, 5.41) is 4.14. The van der Waals surface area contributed by atoms with Crippen LogP contribution in [0, 0.1) is 29.6 Å². The number of nitrogens with one attached hydrogen (secondary N) is 2. The van der Waals surface area contributed by atoms with Crippen LogP contribution in [0.4, 0.5) is 11.4 Å². The molecule has 2 saturated carbocycles. The second-order valence-electron chi connectivity index (χ2n) is 11.8. The molecule has 4 aromatic rings. The number of fused-ring (bicyclic) bond motifs is 9. The summed E-state index contributed by atoms with van der Waals surface area (Å²) in [6.45, 7) is -0.221. The van der Waals surface area contributed by atoms with Crippen molar-refractivity contribution in [3.8, 4) is 5.75 Å². The van der Waals surface area contributed by atoms with E-state index in [1.54, 1.807) is 48.2 Å². The molecule has 3 amide bonds. The molecule has 7 atom stereocenters. The molecular formula is C33H25BrClN3O5S2. The number of amides is 3. The van der Waals surface area contributed by atoms with Gasteiger partial charge in [-0.15, -0.1) is 11.8 Å². The number of imide groups is 1. The zero-order chi connectivity index (χ0) is 31.0. The molecule has 3 aromatic carbocycles. The largest absolute Gasteiger partial charge is 0.483 e. The Balaban J connectivity index is 1.15. The number of carbonyl (C=O) groups is 3. The molecule has 2 N–H and O–H groups in total. The van der Waals surface area contributed by atoms with Crippen LogP contribution in [0.3, 0.4) is 0 Å². The van der Waals surface area contributed by atoms with E-state index in [0.29, 0.717) is 22.1 Å². The Morgan fingerprint density at radius 1 is 1.00 bits per heavy atom. The smallest absolute Gasteiger partial charge is 0.305 e. The van der Waals surface area contributed by atoms with E-state index >= 15 is 0 Å². The van der Waals surface area contributed by atoms with Crippen molar-refractivity contribution in [1.29, 1.82) is 0 Å². The van der Waals surface area contributed by atoms with Crippen LogP contribution in [-0.2, 0) is 14.4 Å². The molecule has 45 heavy (non-hydrogen) atoms. The summed E-state index contributed by atoms with van der Waals surface area (Å²) in [6, 6.07) is 21.7. The van der Waals surface area contributed by atoms with Crippen LogP contribution < -0.4 is 19.8 Å².